The molecule has 0 spiro atoms. The van der Waals surface area contributed by atoms with Crippen LogP contribution in [0.5, 0.6) is 0 Å². The first kappa shape index (κ1) is 22.2. The highest BCUT2D eigenvalue weighted by Crippen LogP contribution is 2.47. The normalized spacial score (nSPS) is 29.0. The highest BCUT2D eigenvalue weighted by atomic mass is 31.2. The third-order valence-electron chi connectivity index (χ3n) is 3.04. The second-order valence-corrected chi connectivity index (χ2v) is 9.52. The fraction of sp³-hybridized carbons (Fsp3) is 1.00. The Balaban J connectivity index is 2.69. The van der Waals surface area contributed by atoms with Crippen LogP contribution in [0.4, 0.5) is 0 Å². The van der Waals surface area contributed by atoms with Crippen molar-refractivity contribution in [3.05, 3.63) is 0 Å². The molecule has 1 unspecified atom stereocenters. The molecule has 1 aliphatic heterocycles. The molecular formula is C17H35O6P. The van der Waals surface area contributed by atoms with Crippen LogP contribution in [0.25, 0.3) is 0 Å². The predicted molar refractivity (Wildman–Crippen MR) is 94.9 cm³/mol. The van der Waals surface area contributed by atoms with Gasteiger partial charge in [0.1, 0.15) is 18.3 Å². The van der Waals surface area contributed by atoms with Gasteiger partial charge in [0.25, 0.3) is 0 Å². The fourth-order valence-corrected chi connectivity index (χ4v) is 3.50. The van der Waals surface area contributed by atoms with Gasteiger partial charge in [-0.2, -0.15) is 0 Å². The topological polar surface area (TPSA) is 66.4 Å². The Hall–Kier alpha value is 0.190. The number of hydrogen-bond acceptors (Lipinski definition) is 6. The maximum atomic E-state index is 10.3. The van der Waals surface area contributed by atoms with Crippen molar-refractivity contribution in [1.82, 2.24) is 0 Å². The highest BCUT2D eigenvalue weighted by molar-refractivity contribution is 7.41. The molecule has 24 heavy (non-hydrogen) atoms. The number of aliphatic hydroxyl groups excluding tert-OH is 1. The second-order valence-electron chi connectivity index (χ2n) is 8.45. The molecule has 1 saturated heterocycles. The Labute approximate surface area is 148 Å². The van der Waals surface area contributed by atoms with Crippen LogP contribution < -0.4 is 0 Å². The molecule has 1 rings (SSSR count). The van der Waals surface area contributed by atoms with Crippen molar-refractivity contribution in [2.75, 3.05) is 6.61 Å². The lowest BCUT2D eigenvalue weighted by molar-refractivity contribution is -0.0789. The summed E-state index contributed by atoms with van der Waals surface area (Å²) in [5, 5.41) is 10.3. The van der Waals surface area contributed by atoms with Gasteiger partial charge in [-0.1, -0.05) is 0 Å². The molecule has 7 heteroatoms. The van der Waals surface area contributed by atoms with Gasteiger partial charge in [-0.05, 0) is 62.3 Å². The zero-order valence-corrected chi connectivity index (χ0v) is 17.4. The van der Waals surface area contributed by atoms with E-state index in [9.17, 15) is 5.11 Å². The van der Waals surface area contributed by atoms with E-state index >= 15 is 0 Å². The lowest BCUT2D eigenvalue weighted by Gasteiger charge is -2.31. The minimum absolute atomic E-state index is 0.000730. The van der Waals surface area contributed by atoms with Crippen LogP contribution in [-0.4, -0.2) is 53.4 Å². The molecule has 0 aromatic carbocycles. The van der Waals surface area contributed by atoms with E-state index in [0.29, 0.717) is 0 Å². The van der Waals surface area contributed by atoms with Crippen molar-refractivity contribution < 1.29 is 28.2 Å². The van der Waals surface area contributed by atoms with Crippen molar-refractivity contribution in [2.24, 2.45) is 0 Å². The number of aliphatic hydroxyl groups is 1. The number of hydrogen-bond donors (Lipinski definition) is 1. The third kappa shape index (κ3) is 8.05. The van der Waals surface area contributed by atoms with Gasteiger partial charge in [0, 0.05) is 0 Å². The Morgan fingerprint density at radius 2 is 1.54 bits per heavy atom. The van der Waals surface area contributed by atoms with Crippen LogP contribution in [0.2, 0.25) is 0 Å². The molecule has 144 valence electrons. The molecule has 0 saturated carbocycles. The van der Waals surface area contributed by atoms with E-state index in [1.54, 1.807) is 0 Å². The second kappa shape index (κ2) is 8.72. The Bertz CT molecular complexity index is 360. The Morgan fingerprint density at radius 1 is 1.04 bits per heavy atom. The predicted octanol–water partition coefficient (Wildman–Crippen LogP) is 3.80. The average Bonchev–Trinajstić information content (AvgIpc) is 2.59. The average molecular weight is 366 g/mol. The molecule has 6 nitrogen and oxygen atoms in total. The number of rotatable bonds is 7. The van der Waals surface area contributed by atoms with Gasteiger partial charge in [-0.3, -0.25) is 0 Å². The molecule has 0 aliphatic carbocycles. The summed E-state index contributed by atoms with van der Waals surface area (Å²) < 4.78 is 29.3. The van der Waals surface area contributed by atoms with Gasteiger partial charge in [-0.15, -0.1) is 0 Å². The molecular weight excluding hydrogens is 331 g/mol. The van der Waals surface area contributed by atoms with E-state index < -0.39 is 20.8 Å². The quantitative estimate of drug-likeness (QED) is 0.691. The van der Waals surface area contributed by atoms with Crippen molar-refractivity contribution in [3.63, 3.8) is 0 Å². The van der Waals surface area contributed by atoms with Crippen molar-refractivity contribution in [3.8, 4) is 0 Å². The zero-order chi connectivity index (χ0) is 18.7. The summed E-state index contributed by atoms with van der Waals surface area (Å²) in [5.74, 6) is 0. The first-order valence-electron chi connectivity index (χ1n) is 8.59. The molecule has 1 fully saturated rings. The van der Waals surface area contributed by atoms with Crippen molar-refractivity contribution in [2.45, 2.75) is 104 Å². The summed E-state index contributed by atoms with van der Waals surface area (Å²) in [4.78, 5) is 0. The van der Waals surface area contributed by atoms with Crippen LogP contribution in [0.3, 0.4) is 0 Å². The van der Waals surface area contributed by atoms with Gasteiger partial charge in [0.15, 0.2) is 0 Å². The Kier molecular flexibility index (Phi) is 8.08. The summed E-state index contributed by atoms with van der Waals surface area (Å²) in [6, 6.07) is 0. The van der Waals surface area contributed by atoms with Crippen LogP contribution in [-0.2, 0) is 23.0 Å². The largest absolute Gasteiger partial charge is 0.388 e. The first-order chi connectivity index (χ1) is 10.8. The molecule has 0 bridgehead atoms. The first-order valence-corrected chi connectivity index (χ1v) is 9.68. The van der Waals surface area contributed by atoms with E-state index in [0.717, 1.165) is 0 Å². The fourth-order valence-electron chi connectivity index (χ4n) is 2.19. The maximum Gasteiger partial charge on any atom is 0.333 e. The molecule has 1 heterocycles. The van der Waals surface area contributed by atoms with E-state index in [4.69, 9.17) is 23.0 Å². The molecule has 0 amide bonds. The number of ether oxygens (including phenoxy) is 2. The third-order valence-corrected chi connectivity index (χ3v) is 4.80. The highest BCUT2D eigenvalue weighted by Gasteiger charge is 2.43. The van der Waals surface area contributed by atoms with Crippen LogP contribution >= 0.6 is 8.60 Å². The molecule has 1 aliphatic rings. The molecule has 0 radical (unpaired) electrons. The molecule has 0 aromatic rings. The summed E-state index contributed by atoms with van der Waals surface area (Å²) in [5.41, 5.74) is -0.762. The van der Waals surface area contributed by atoms with Crippen molar-refractivity contribution >= 4 is 8.60 Å². The van der Waals surface area contributed by atoms with Crippen LogP contribution in [0, 0.1) is 0 Å². The zero-order valence-electron chi connectivity index (χ0n) is 16.5. The van der Waals surface area contributed by atoms with Crippen LogP contribution in [0.1, 0.15) is 62.3 Å². The van der Waals surface area contributed by atoms with Gasteiger partial charge in [0.05, 0.1) is 30.0 Å². The Morgan fingerprint density at radius 3 is 1.96 bits per heavy atom. The summed E-state index contributed by atoms with van der Waals surface area (Å²) in [6.07, 6.45) is -1.73. The van der Waals surface area contributed by atoms with Crippen LogP contribution in [0.15, 0.2) is 0 Å². The molecule has 0 aromatic heterocycles. The van der Waals surface area contributed by atoms with Crippen molar-refractivity contribution in [1.29, 1.82) is 0 Å². The SMILES string of the molecule is CC(C)OC1[C@@H](COP(OC(C)(C)C)OC(C)(C)C)O[C@@H](C)[C@H]1O. The van der Waals surface area contributed by atoms with Gasteiger partial charge < -0.3 is 28.2 Å². The van der Waals surface area contributed by atoms with Gasteiger partial charge in [-0.25, -0.2) is 0 Å². The summed E-state index contributed by atoms with van der Waals surface area (Å²) in [6.45, 7) is 17.7. The van der Waals surface area contributed by atoms with Gasteiger partial charge >= 0.3 is 8.60 Å². The van der Waals surface area contributed by atoms with E-state index in [-0.39, 0.29) is 36.1 Å². The van der Waals surface area contributed by atoms with E-state index in [2.05, 4.69) is 0 Å². The van der Waals surface area contributed by atoms with E-state index in [1.165, 1.54) is 0 Å². The maximum absolute atomic E-state index is 10.3. The minimum atomic E-state index is -1.54. The van der Waals surface area contributed by atoms with E-state index in [1.807, 2.05) is 62.3 Å². The smallest absolute Gasteiger partial charge is 0.333 e. The molecule has 4 atom stereocenters. The minimum Gasteiger partial charge on any atom is -0.388 e. The summed E-state index contributed by atoms with van der Waals surface area (Å²) >= 11 is 0. The monoisotopic (exact) mass is 366 g/mol. The molecule has 1 N–H and O–H groups in total. The summed E-state index contributed by atoms with van der Waals surface area (Å²) in [7, 11) is -1.54. The lowest BCUT2D eigenvalue weighted by Crippen LogP contribution is -2.38. The van der Waals surface area contributed by atoms with Gasteiger partial charge in [0.2, 0.25) is 0 Å². The standard InChI is InChI=1S/C17H35O6P/c1-11(2)20-15-13(21-12(3)14(15)18)10-19-24(22-16(4,5)6)23-17(7,8)9/h11-15,18H,10H2,1-9H3/t12-,13+,14+,15?/m0/s1. The lowest BCUT2D eigenvalue weighted by atomic mass is 10.1.